The van der Waals surface area contributed by atoms with Gasteiger partial charge in [0.1, 0.15) is 6.54 Å². The molecule has 100 valence electrons. The number of nitrogens with zero attached hydrogens (tertiary/aromatic N) is 2. The zero-order valence-electron chi connectivity index (χ0n) is 10.8. The molecule has 0 bridgehead atoms. The molecule has 2 rings (SSSR count). The Kier molecular flexibility index (Phi) is 3.50. The molecule has 6 nitrogen and oxygen atoms in total. The normalized spacial score (nSPS) is 15.1. The van der Waals surface area contributed by atoms with Crippen LogP contribution in [0.1, 0.15) is 13.8 Å². The fourth-order valence-electron chi connectivity index (χ4n) is 2.01. The third kappa shape index (κ3) is 2.57. The van der Waals surface area contributed by atoms with Crippen molar-refractivity contribution in [2.75, 3.05) is 23.3 Å². The van der Waals surface area contributed by atoms with E-state index in [1.165, 1.54) is 16.7 Å². The lowest BCUT2D eigenvalue weighted by atomic mass is 10.2. The van der Waals surface area contributed by atoms with E-state index in [9.17, 15) is 14.4 Å². The van der Waals surface area contributed by atoms with Crippen LogP contribution in [0.5, 0.6) is 0 Å². The Morgan fingerprint density at radius 3 is 2.68 bits per heavy atom. The van der Waals surface area contributed by atoms with E-state index in [0.717, 1.165) is 0 Å². The maximum atomic E-state index is 12.0. The van der Waals surface area contributed by atoms with Gasteiger partial charge in [-0.15, -0.1) is 0 Å². The minimum atomic E-state index is -0.326. The number of benzene rings is 1. The molecule has 1 saturated heterocycles. The molecule has 0 saturated carbocycles. The lowest BCUT2D eigenvalue weighted by Crippen LogP contribution is -2.32. The fraction of sp³-hybridized carbons (Fsp3) is 0.308. The first kappa shape index (κ1) is 13.1. The monoisotopic (exact) mass is 261 g/mol. The van der Waals surface area contributed by atoms with Crippen molar-refractivity contribution < 1.29 is 14.4 Å². The average molecular weight is 261 g/mol. The number of anilines is 2. The Labute approximate surface area is 111 Å². The summed E-state index contributed by atoms with van der Waals surface area (Å²) in [7, 11) is 0. The molecule has 1 heterocycles. The predicted molar refractivity (Wildman–Crippen MR) is 70.9 cm³/mol. The summed E-state index contributed by atoms with van der Waals surface area (Å²) in [5.74, 6) is -0.395. The zero-order chi connectivity index (χ0) is 14.0. The highest BCUT2D eigenvalue weighted by Crippen LogP contribution is 2.23. The van der Waals surface area contributed by atoms with Crippen LogP contribution in [0.25, 0.3) is 0 Å². The van der Waals surface area contributed by atoms with Crippen molar-refractivity contribution in [2.45, 2.75) is 13.8 Å². The van der Waals surface area contributed by atoms with Crippen molar-refractivity contribution in [2.24, 2.45) is 0 Å². The van der Waals surface area contributed by atoms with Crippen molar-refractivity contribution in [3.8, 4) is 0 Å². The van der Waals surface area contributed by atoms with Crippen LogP contribution in [0.2, 0.25) is 0 Å². The summed E-state index contributed by atoms with van der Waals surface area (Å²) in [6, 6.07) is 6.53. The molecule has 0 spiro atoms. The van der Waals surface area contributed by atoms with Gasteiger partial charge in [0.25, 0.3) is 5.91 Å². The first-order valence-corrected chi connectivity index (χ1v) is 6.02. The van der Waals surface area contributed by atoms with E-state index >= 15 is 0 Å². The molecule has 4 amide bonds. The molecule has 1 aliphatic heterocycles. The van der Waals surface area contributed by atoms with Crippen LogP contribution in [-0.4, -0.2) is 35.8 Å². The second-order valence-corrected chi connectivity index (χ2v) is 4.24. The van der Waals surface area contributed by atoms with E-state index < -0.39 is 0 Å². The third-order valence-electron chi connectivity index (χ3n) is 2.85. The number of carbonyl (C=O) groups is 3. The Bertz CT molecular complexity index is 542. The molecule has 1 aromatic carbocycles. The average Bonchev–Trinajstić information content (AvgIpc) is 2.64. The SMILES string of the molecule is CCN1C(=O)CN(c2cccc(NC(C)=O)c2)C1=O. The van der Waals surface area contributed by atoms with Gasteiger partial charge in [0, 0.05) is 24.8 Å². The molecule has 0 unspecified atom stereocenters. The summed E-state index contributed by atoms with van der Waals surface area (Å²) in [6.45, 7) is 3.57. The van der Waals surface area contributed by atoms with E-state index in [-0.39, 0.29) is 24.4 Å². The van der Waals surface area contributed by atoms with E-state index in [2.05, 4.69) is 5.32 Å². The smallest absolute Gasteiger partial charge is 0.326 e. The van der Waals surface area contributed by atoms with E-state index in [0.29, 0.717) is 17.9 Å². The quantitative estimate of drug-likeness (QED) is 0.837. The highest BCUT2D eigenvalue weighted by atomic mass is 16.2. The molecule has 6 heteroatoms. The second kappa shape index (κ2) is 5.09. The largest absolute Gasteiger partial charge is 0.331 e. The minimum Gasteiger partial charge on any atom is -0.326 e. The predicted octanol–water partition coefficient (Wildman–Crippen LogP) is 1.43. The van der Waals surface area contributed by atoms with Crippen molar-refractivity contribution >= 4 is 29.2 Å². The Morgan fingerprint density at radius 2 is 2.11 bits per heavy atom. The molecule has 1 fully saturated rings. The van der Waals surface area contributed by atoms with Gasteiger partial charge in [0.15, 0.2) is 0 Å². The molecular formula is C13H15N3O3. The molecule has 1 aromatic rings. The number of imide groups is 1. The lowest BCUT2D eigenvalue weighted by molar-refractivity contribution is -0.124. The maximum Gasteiger partial charge on any atom is 0.331 e. The maximum absolute atomic E-state index is 12.0. The first-order chi connectivity index (χ1) is 9.02. The Balaban J connectivity index is 2.25. The van der Waals surface area contributed by atoms with Crippen LogP contribution in [0.4, 0.5) is 16.2 Å². The third-order valence-corrected chi connectivity index (χ3v) is 2.85. The van der Waals surface area contributed by atoms with Crippen molar-refractivity contribution in [3.05, 3.63) is 24.3 Å². The van der Waals surface area contributed by atoms with Crippen LogP contribution in [0.15, 0.2) is 24.3 Å². The molecular weight excluding hydrogens is 246 g/mol. The summed E-state index contributed by atoms with van der Waals surface area (Å²) < 4.78 is 0. The molecule has 19 heavy (non-hydrogen) atoms. The minimum absolute atomic E-state index is 0.0379. The van der Waals surface area contributed by atoms with Gasteiger partial charge in [-0.25, -0.2) is 4.79 Å². The molecule has 0 aliphatic carbocycles. The van der Waals surface area contributed by atoms with Crippen LogP contribution in [0, 0.1) is 0 Å². The van der Waals surface area contributed by atoms with Gasteiger partial charge in [0.05, 0.1) is 0 Å². The number of hydrogen-bond donors (Lipinski definition) is 1. The van der Waals surface area contributed by atoms with Gasteiger partial charge in [-0.3, -0.25) is 19.4 Å². The molecule has 1 N–H and O–H groups in total. The number of rotatable bonds is 3. The Hall–Kier alpha value is -2.37. The highest BCUT2D eigenvalue weighted by Gasteiger charge is 2.35. The van der Waals surface area contributed by atoms with Gasteiger partial charge in [-0.1, -0.05) is 6.07 Å². The van der Waals surface area contributed by atoms with Crippen molar-refractivity contribution in [1.29, 1.82) is 0 Å². The highest BCUT2D eigenvalue weighted by molar-refractivity contribution is 6.12. The summed E-state index contributed by atoms with van der Waals surface area (Å²) in [5.41, 5.74) is 1.20. The van der Waals surface area contributed by atoms with Crippen molar-refractivity contribution in [1.82, 2.24) is 4.90 Å². The lowest BCUT2D eigenvalue weighted by Gasteiger charge is -2.16. The molecule has 0 radical (unpaired) electrons. The van der Waals surface area contributed by atoms with Gasteiger partial charge in [-0.05, 0) is 25.1 Å². The second-order valence-electron chi connectivity index (χ2n) is 4.24. The number of urea groups is 1. The van der Waals surface area contributed by atoms with Crippen LogP contribution < -0.4 is 10.2 Å². The molecule has 0 aromatic heterocycles. The fourth-order valence-corrected chi connectivity index (χ4v) is 2.01. The van der Waals surface area contributed by atoms with Gasteiger partial charge in [0.2, 0.25) is 5.91 Å². The number of carbonyl (C=O) groups excluding carboxylic acids is 3. The standard InChI is InChI=1S/C13H15N3O3/c1-3-15-12(18)8-16(13(15)19)11-6-4-5-10(7-11)14-9(2)17/h4-7H,3,8H2,1-2H3,(H,14,17). The molecule has 0 atom stereocenters. The topological polar surface area (TPSA) is 69.7 Å². The number of hydrogen-bond acceptors (Lipinski definition) is 3. The number of nitrogens with one attached hydrogen (secondary N) is 1. The summed E-state index contributed by atoms with van der Waals surface area (Å²) >= 11 is 0. The summed E-state index contributed by atoms with van der Waals surface area (Å²) in [5, 5.41) is 2.64. The number of likely N-dealkylation sites (N-methyl/N-ethyl adjacent to an activating group) is 1. The number of amides is 4. The molecule has 1 aliphatic rings. The van der Waals surface area contributed by atoms with E-state index in [4.69, 9.17) is 0 Å². The van der Waals surface area contributed by atoms with Gasteiger partial charge in [-0.2, -0.15) is 0 Å². The van der Waals surface area contributed by atoms with Gasteiger partial charge >= 0.3 is 6.03 Å². The van der Waals surface area contributed by atoms with Crippen LogP contribution in [0.3, 0.4) is 0 Å². The van der Waals surface area contributed by atoms with E-state index in [1.807, 2.05) is 0 Å². The van der Waals surface area contributed by atoms with Crippen LogP contribution in [-0.2, 0) is 9.59 Å². The van der Waals surface area contributed by atoms with Gasteiger partial charge < -0.3 is 5.32 Å². The van der Waals surface area contributed by atoms with E-state index in [1.54, 1.807) is 31.2 Å². The first-order valence-electron chi connectivity index (χ1n) is 6.02. The summed E-state index contributed by atoms with van der Waals surface area (Å²) in [6.07, 6.45) is 0. The summed E-state index contributed by atoms with van der Waals surface area (Å²) in [4.78, 5) is 37.3. The van der Waals surface area contributed by atoms with Crippen molar-refractivity contribution in [3.63, 3.8) is 0 Å². The van der Waals surface area contributed by atoms with Crippen LogP contribution >= 0.6 is 0 Å². The Morgan fingerprint density at radius 1 is 1.37 bits per heavy atom. The zero-order valence-corrected chi connectivity index (χ0v) is 10.8.